The Morgan fingerprint density at radius 1 is 1.11 bits per heavy atom. The molecule has 2 N–H and O–H groups in total. The number of hydrogen-bond acceptors (Lipinski definition) is 3. The van der Waals surface area contributed by atoms with Crippen molar-refractivity contribution in [3.05, 3.63) is 62.9 Å². The first-order valence-electron chi connectivity index (χ1n) is 8.97. The average Bonchev–Trinajstić information content (AvgIpc) is 3.06. The van der Waals surface area contributed by atoms with Gasteiger partial charge in [-0.1, -0.05) is 12.1 Å². The quantitative estimate of drug-likeness (QED) is 0.434. The maximum atomic E-state index is 12.4. The SMILES string of the molecule is O=C(COC(=O)c1ccc2[nH]c3c(c2c1)CCCC3)Nc1ccccc1I. The van der Waals surface area contributed by atoms with Crippen molar-refractivity contribution in [2.24, 2.45) is 0 Å². The van der Waals surface area contributed by atoms with Crippen molar-refractivity contribution in [2.45, 2.75) is 25.7 Å². The lowest BCUT2D eigenvalue weighted by Crippen LogP contribution is -2.21. The highest BCUT2D eigenvalue weighted by atomic mass is 127. The standard InChI is InChI=1S/C21H19IN2O3/c22-16-6-2-4-8-19(16)24-20(25)12-27-21(26)13-9-10-18-15(11-13)14-5-1-3-7-17(14)23-18/h2,4,6,8-11,23H,1,3,5,7,12H2,(H,24,25). The van der Waals surface area contributed by atoms with Gasteiger partial charge in [-0.3, -0.25) is 4.79 Å². The Bertz CT molecular complexity index is 1030. The summed E-state index contributed by atoms with van der Waals surface area (Å²) in [6.07, 6.45) is 4.46. The molecule has 138 valence electrons. The summed E-state index contributed by atoms with van der Waals surface area (Å²) in [7, 11) is 0. The number of carbonyl (C=O) groups excluding carboxylic acids is 2. The highest BCUT2D eigenvalue weighted by Crippen LogP contribution is 2.29. The maximum Gasteiger partial charge on any atom is 0.338 e. The summed E-state index contributed by atoms with van der Waals surface area (Å²) in [6, 6.07) is 13.0. The van der Waals surface area contributed by atoms with Crippen molar-refractivity contribution in [1.82, 2.24) is 4.98 Å². The van der Waals surface area contributed by atoms with E-state index in [1.165, 1.54) is 24.1 Å². The van der Waals surface area contributed by atoms with Crippen LogP contribution in [0.3, 0.4) is 0 Å². The monoisotopic (exact) mass is 474 g/mol. The maximum absolute atomic E-state index is 12.4. The lowest BCUT2D eigenvalue weighted by Gasteiger charge is -2.10. The zero-order valence-electron chi connectivity index (χ0n) is 14.7. The van der Waals surface area contributed by atoms with Gasteiger partial charge in [0.25, 0.3) is 5.91 Å². The second-order valence-corrected chi connectivity index (χ2v) is 7.82. The van der Waals surface area contributed by atoms with Gasteiger partial charge in [0.2, 0.25) is 0 Å². The number of carbonyl (C=O) groups is 2. The van der Waals surface area contributed by atoms with Crippen molar-refractivity contribution < 1.29 is 14.3 Å². The summed E-state index contributed by atoms with van der Waals surface area (Å²) in [5.41, 5.74) is 4.81. The molecule has 3 aromatic rings. The molecule has 1 amide bonds. The number of aryl methyl sites for hydroxylation is 2. The molecule has 0 atom stereocenters. The summed E-state index contributed by atoms with van der Waals surface area (Å²) in [4.78, 5) is 27.9. The van der Waals surface area contributed by atoms with E-state index in [9.17, 15) is 9.59 Å². The van der Waals surface area contributed by atoms with Crippen LogP contribution in [0.2, 0.25) is 0 Å². The van der Waals surface area contributed by atoms with Crippen molar-refractivity contribution in [2.75, 3.05) is 11.9 Å². The molecule has 27 heavy (non-hydrogen) atoms. The first-order chi connectivity index (χ1) is 13.1. The summed E-state index contributed by atoms with van der Waals surface area (Å²) >= 11 is 2.14. The Hall–Kier alpha value is -2.35. The van der Waals surface area contributed by atoms with Crippen LogP contribution in [0.4, 0.5) is 5.69 Å². The van der Waals surface area contributed by atoms with E-state index in [-0.39, 0.29) is 12.5 Å². The fourth-order valence-electron chi connectivity index (χ4n) is 3.50. The van der Waals surface area contributed by atoms with E-state index in [1.807, 2.05) is 36.4 Å². The van der Waals surface area contributed by atoms with E-state index in [0.29, 0.717) is 11.3 Å². The van der Waals surface area contributed by atoms with E-state index < -0.39 is 5.97 Å². The number of H-pyrrole nitrogens is 1. The second kappa shape index (κ2) is 7.72. The molecule has 5 nitrogen and oxygen atoms in total. The Morgan fingerprint density at radius 2 is 1.93 bits per heavy atom. The van der Waals surface area contributed by atoms with Crippen molar-refractivity contribution in [1.29, 1.82) is 0 Å². The predicted octanol–water partition coefficient (Wildman–Crippen LogP) is 4.45. The van der Waals surface area contributed by atoms with Crippen LogP contribution in [0.15, 0.2) is 42.5 Å². The van der Waals surface area contributed by atoms with Crippen LogP contribution < -0.4 is 5.32 Å². The number of esters is 1. The first-order valence-corrected chi connectivity index (χ1v) is 10.0. The second-order valence-electron chi connectivity index (χ2n) is 6.65. The normalized spacial score (nSPS) is 13.2. The van der Waals surface area contributed by atoms with E-state index in [0.717, 1.165) is 27.3 Å². The lowest BCUT2D eigenvalue weighted by molar-refractivity contribution is -0.119. The molecule has 4 rings (SSSR count). The highest BCUT2D eigenvalue weighted by Gasteiger charge is 2.18. The summed E-state index contributed by atoms with van der Waals surface area (Å²) in [5, 5.41) is 3.84. The van der Waals surface area contributed by atoms with Gasteiger partial charge >= 0.3 is 5.97 Å². The van der Waals surface area contributed by atoms with Gasteiger partial charge in [0.05, 0.1) is 11.3 Å². The van der Waals surface area contributed by atoms with E-state index in [2.05, 4.69) is 32.9 Å². The molecule has 0 aliphatic heterocycles. The van der Waals surface area contributed by atoms with Crippen molar-refractivity contribution in [3.8, 4) is 0 Å². The predicted molar refractivity (Wildman–Crippen MR) is 113 cm³/mol. The molecular weight excluding hydrogens is 455 g/mol. The van der Waals surface area contributed by atoms with Crippen LogP contribution >= 0.6 is 22.6 Å². The van der Waals surface area contributed by atoms with Gasteiger partial charge in [0.1, 0.15) is 0 Å². The number of anilines is 1. The van der Waals surface area contributed by atoms with Crippen LogP contribution in [0.5, 0.6) is 0 Å². The smallest absolute Gasteiger partial charge is 0.338 e. The molecule has 0 unspecified atom stereocenters. The van der Waals surface area contributed by atoms with Gasteiger partial charge in [0.15, 0.2) is 6.61 Å². The van der Waals surface area contributed by atoms with E-state index in [1.54, 1.807) is 6.07 Å². The van der Waals surface area contributed by atoms with Crippen LogP contribution in [0, 0.1) is 3.57 Å². The molecule has 0 spiro atoms. The molecule has 1 heterocycles. The average molecular weight is 474 g/mol. The molecule has 1 aromatic heterocycles. The Labute approximate surface area is 170 Å². The number of hydrogen-bond donors (Lipinski definition) is 2. The number of halogens is 1. The number of aromatic amines is 1. The lowest BCUT2D eigenvalue weighted by atomic mass is 9.95. The van der Waals surface area contributed by atoms with Crippen molar-refractivity contribution in [3.63, 3.8) is 0 Å². The Kier molecular flexibility index (Phi) is 5.15. The van der Waals surface area contributed by atoms with Gasteiger partial charge in [-0.2, -0.15) is 0 Å². The zero-order chi connectivity index (χ0) is 18.8. The van der Waals surface area contributed by atoms with E-state index >= 15 is 0 Å². The summed E-state index contributed by atoms with van der Waals surface area (Å²) in [6.45, 7) is -0.312. The molecule has 0 bridgehead atoms. The van der Waals surface area contributed by atoms with Gasteiger partial charge in [-0.15, -0.1) is 0 Å². The highest BCUT2D eigenvalue weighted by molar-refractivity contribution is 14.1. The summed E-state index contributed by atoms with van der Waals surface area (Å²) in [5.74, 6) is -0.840. The fraction of sp³-hybridized carbons (Fsp3) is 0.238. The minimum atomic E-state index is -0.486. The molecule has 2 aromatic carbocycles. The molecule has 6 heteroatoms. The topological polar surface area (TPSA) is 71.2 Å². The largest absolute Gasteiger partial charge is 0.452 e. The number of ether oxygens (including phenoxy) is 1. The number of nitrogens with one attached hydrogen (secondary N) is 2. The minimum absolute atomic E-state index is 0.312. The van der Waals surface area contributed by atoms with Gasteiger partial charge in [-0.05, 0) is 84.2 Å². The number of fused-ring (bicyclic) bond motifs is 3. The number of amides is 1. The molecule has 0 saturated carbocycles. The Balaban J connectivity index is 1.43. The van der Waals surface area contributed by atoms with Gasteiger partial charge < -0.3 is 15.0 Å². The van der Waals surface area contributed by atoms with Crippen LogP contribution in [-0.2, 0) is 22.4 Å². The number of aromatic nitrogens is 1. The van der Waals surface area contributed by atoms with Gasteiger partial charge in [0, 0.05) is 20.2 Å². The number of rotatable bonds is 4. The fourth-order valence-corrected chi connectivity index (χ4v) is 4.02. The van der Waals surface area contributed by atoms with Crippen LogP contribution in [0.25, 0.3) is 10.9 Å². The first kappa shape index (κ1) is 18.0. The molecule has 1 aliphatic rings. The molecule has 0 radical (unpaired) electrons. The zero-order valence-corrected chi connectivity index (χ0v) is 16.8. The third-order valence-electron chi connectivity index (χ3n) is 4.82. The molecular formula is C21H19IN2O3. The molecule has 0 fully saturated rings. The Morgan fingerprint density at radius 3 is 2.78 bits per heavy atom. The molecule has 0 saturated heterocycles. The third-order valence-corrected chi connectivity index (χ3v) is 5.76. The number of benzene rings is 2. The summed E-state index contributed by atoms with van der Waals surface area (Å²) < 4.78 is 6.14. The van der Waals surface area contributed by atoms with Crippen LogP contribution in [0.1, 0.15) is 34.5 Å². The van der Waals surface area contributed by atoms with Gasteiger partial charge in [-0.25, -0.2) is 4.79 Å². The number of para-hydroxylation sites is 1. The molecule has 1 aliphatic carbocycles. The minimum Gasteiger partial charge on any atom is -0.452 e. The van der Waals surface area contributed by atoms with Crippen molar-refractivity contribution >= 4 is 51.1 Å². The van der Waals surface area contributed by atoms with Crippen LogP contribution in [-0.4, -0.2) is 23.5 Å². The van der Waals surface area contributed by atoms with E-state index in [4.69, 9.17) is 4.74 Å². The third kappa shape index (κ3) is 3.85.